The summed E-state index contributed by atoms with van der Waals surface area (Å²) in [4.78, 5) is 11.3. The van der Waals surface area contributed by atoms with Crippen molar-refractivity contribution in [2.45, 2.75) is 32.1 Å². The predicted octanol–water partition coefficient (Wildman–Crippen LogP) is 2.57. The van der Waals surface area contributed by atoms with Crippen molar-refractivity contribution >= 4 is 5.91 Å². The summed E-state index contributed by atoms with van der Waals surface area (Å²) in [5.41, 5.74) is 0. The summed E-state index contributed by atoms with van der Waals surface area (Å²) in [6.07, 6.45) is 6.23. The molecule has 0 saturated heterocycles. The largest absolute Gasteiger partial charge is 0.443 e. The van der Waals surface area contributed by atoms with Gasteiger partial charge in [0.15, 0.2) is 11.5 Å². The van der Waals surface area contributed by atoms with Crippen molar-refractivity contribution in [3.8, 4) is 11.8 Å². The Labute approximate surface area is 102 Å². The van der Waals surface area contributed by atoms with Crippen LogP contribution in [0.1, 0.15) is 48.4 Å². The van der Waals surface area contributed by atoms with Crippen LogP contribution in [0.4, 0.5) is 0 Å². The van der Waals surface area contributed by atoms with E-state index in [1.54, 1.807) is 19.2 Å². The van der Waals surface area contributed by atoms with Crippen LogP contribution >= 0.6 is 0 Å². The van der Waals surface area contributed by atoms with E-state index in [1.165, 1.54) is 25.7 Å². The van der Waals surface area contributed by atoms with Crippen molar-refractivity contribution in [1.29, 1.82) is 0 Å². The first-order valence-corrected chi connectivity index (χ1v) is 6.10. The molecular formula is C14H17NO2. The highest BCUT2D eigenvalue weighted by Crippen LogP contribution is 2.26. The van der Waals surface area contributed by atoms with E-state index in [-0.39, 0.29) is 5.91 Å². The van der Waals surface area contributed by atoms with Gasteiger partial charge in [-0.2, -0.15) is 0 Å². The molecule has 0 atom stereocenters. The van der Waals surface area contributed by atoms with E-state index in [0.29, 0.717) is 11.5 Å². The highest BCUT2D eigenvalue weighted by molar-refractivity contribution is 5.91. The lowest BCUT2D eigenvalue weighted by molar-refractivity contribution is 0.0935. The number of furan rings is 1. The maximum Gasteiger partial charge on any atom is 0.286 e. The average molecular weight is 231 g/mol. The zero-order valence-corrected chi connectivity index (χ0v) is 10.1. The Morgan fingerprint density at radius 2 is 2.24 bits per heavy atom. The van der Waals surface area contributed by atoms with E-state index in [4.69, 9.17) is 4.42 Å². The van der Waals surface area contributed by atoms with E-state index < -0.39 is 0 Å². The number of hydrogen-bond donors (Lipinski definition) is 1. The van der Waals surface area contributed by atoms with Crippen LogP contribution in [0.15, 0.2) is 16.5 Å². The maximum atomic E-state index is 11.3. The standard InChI is InChI=1S/C14H17NO2/c1-15-14(16)13-10-9-12(17-13)8-4-7-11-5-2-3-6-11/h9-11H,2-3,5-7H2,1H3,(H,15,16). The monoisotopic (exact) mass is 231 g/mol. The SMILES string of the molecule is CNC(=O)c1ccc(C#CCC2CCCC2)o1. The van der Waals surface area contributed by atoms with Gasteiger partial charge in [-0.05, 0) is 36.8 Å². The first kappa shape index (κ1) is 11.8. The van der Waals surface area contributed by atoms with E-state index in [2.05, 4.69) is 17.2 Å². The fourth-order valence-corrected chi connectivity index (χ4v) is 2.15. The van der Waals surface area contributed by atoms with Crippen molar-refractivity contribution in [2.75, 3.05) is 7.05 Å². The zero-order valence-electron chi connectivity index (χ0n) is 10.1. The van der Waals surface area contributed by atoms with E-state index >= 15 is 0 Å². The molecule has 1 heterocycles. The molecule has 90 valence electrons. The minimum atomic E-state index is -0.214. The molecule has 17 heavy (non-hydrogen) atoms. The van der Waals surface area contributed by atoms with Crippen LogP contribution in [-0.4, -0.2) is 13.0 Å². The first-order valence-electron chi connectivity index (χ1n) is 6.10. The van der Waals surface area contributed by atoms with E-state index in [0.717, 1.165) is 12.3 Å². The summed E-state index contributed by atoms with van der Waals surface area (Å²) in [5.74, 6) is 7.55. The van der Waals surface area contributed by atoms with Gasteiger partial charge in [-0.1, -0.05) is 18.8 Å². The summed E-state index contributed by atoms with van der Waals surface area (Å²) >= 11 is 0. The van der Waals surface area contributed by atoms with Crippen molar-refractivity contribution < 1.29 is 9.21 Å². The van der Waals surface area contributed by atoms with Crippen LogP contribution in [0.2, 0.25) is 0 Å². The van der Waals surface area contributed by atoms with Gasteiger partial charge in [-0.15, -0.1) is 0 Å². The molecule has 1 saturated carbocycles. The van der Waals surface area contributed by atoms with Gasteiger partial charge >= 0.3 is 0 Å². The number of amides is 1. The summed E-state index contributed by atoms with van der Waals surface area (Å²) in [7, 11) is 1.58. The molecule has 3 heteroatoms. The fraction of sp³-hybridized carbons (Fsp3) is 0.500. The third-order valence-corrected chi connectivity index (χ3v) is 3.13. The number of carbonyl (C=O) groups is 1. The molecule has 0 spiro atoms. The highest BCUT2D eigenvalue weighted by atomic mass is 16.3. The molecule has 0 radical (unpaired) electrons. The molecule has 1 aromatic rings. The summed E-state index contributed by atoms with van der Waals surface area (Å²) in [5, 5.41) is 2.51. The van der Waals surface area contributed by atoms with Crippen LogP contribution in [0, 0.1) is 17.8 Å². The lowest BCUT2D eigenvalue weighted by Crippen LogP contribution is -2.16. The Balaban J connectivity index is 1.92. The normalized spacial score (nSPS) is 15.4. The smallest absolute Gasteiger partial charge is 0.286 e. The van der Waals surface area contributed by atoms with Crippen LogP contribution in [0.3, 0.4) is 0 Å². The minimum absolute atomic E-state index is 0.214. The second kappa shape index (κ2) is 5.58. The molecule has 1 aromatic heterocycles. The van der Waals surface area contributed by atoms with Gasteiger partial charge in [0.2, 0.25) is 0 Å². The lowest BCUT2D eigenvalue weighted by Gasteiger charge is -2.00. The van der Waals surface area contributed by atoms with Gasteiger partial charge in [0, 0.05) is 13.5 Å². The maximum absolute atomic E-state index is 11.3. The number of rotatable bonds is 2. The second-order valence-electron chi connectivity index (χ2n) is 4.40. The van der Waals surface area contributed by atoms with Gasteiger partial charge in [-0.3, -0.25) is 4.79 Å². The van der Waals surface area contributed by atoms with Crippen molar-refractivity contribution in [3.05, 3.63) is 23.7 Å². The van der Waals surface area contributed by atoms with Crippen molar-refractivity contribution in [2.24, 2.45) is 5.92 Å². The van der Waals surface area contributed by atoms with Crippen molar-refractivity contribution in [3.63, 3.8) is 0 Å². The zero-order chi connectivity index (χ0) is 12.1. The van der Waals surface area contributed by atoms with Gasteiger partial charge in [-0.25, -0.2) is 0 Å². The Bertz CT molecular complexity index is 444. The summed E-state index contributed by atoms with van der Waals surface area (Å²) < 4.78 is 5.32. The Morgan fingerprint density at radius 1 is 1.47 bits per heavy atom. The van der Waals surface area contributed by atoms with Gasteiger partial charge in [0.1, 0.15) is 0 Å². The molecule has 0 bridgehead atoms. The Kier molecular flexibility index (Phi) is 3.87. The van der Waals surface area contributed by atoms with Gasteiger partial charge < -0.3 is 9.73 Å². The quantitative estimate of drug-likeness (QED) is 0.795. The summed E-state index contributed by atoms with van der Waals surface area (Å²) in [6.45, 7) is 0. The van der Waals surface area contributed by atoms with Gasteiger partial charge in [0.05, 0.1) is 0 Å². The molecule has 1 aliphatic rings. The fourth-order valence-electron chi connectivity index (χ4n) is 2.15. The van der Waals surface area contributed by atoms with Crippen LogP contribution in [0.5, 0.6) is 0 Å². The molecular weight excluding hydrogens is 214 g/mol. The minimum Gasteiger partial charge on any atom is -0.443 e. The average Bonchev–Trinajstić information content (AvgIpc) is 2.99. The number of carbonyl (C=O) groups excluding carboxylic acids is 1. The molecule has 1 N–H and O–H groups in total. The van der Waals surface area contributed by atoms with E-state index in [1.807, 2.05) is 0 Å². The third-order valence-electron chi connectivity index (χ3n) is 3.13. The molecule has 1 fully saturated rings. The molecule has 0 aromatic carbocycles. The topological polar surface area (TPSA) is 42.2 Å². The highest BCUT2D eigenvalue weighted by Gasteiger charge is 2.13. The molecule has 2 rings (SSSR count). The van der Waals surface area contributed by atoms with Crippen molar-refractivity contribution in [1.82, 2.24) is 5.32 Å². The number of nitrogens with one attached hydrogen (secondary N) is 1. The lowest BCUT2D eigenvalue weighted by atomic mass is 10.1. The second-order valence-corrected chi connectivity index (χ2v) is 4.40. The Hall–Kier alpha value is -1.69. The number of hydrogen-bond acceptors (Lipinski definition) is 2. The molecule has 1 aliphatic carbocycles. The molecule has 3 nitrogen and oxygen atoms in total. The molecule has 0 unspecified atom stereocenters. The molecule has 0 aliphatic heterocycles. The Morgan fingerprint density at radius 3 is 2.94 bits per heavy atom. The van der Waals surface area contributed by atoms with Gasteiger partial charge in [0.25, 0.3) is 5.91 Å². The van der Waals surface area contributed by atoms with Crippen LogP contribution < -0.4 is 5.32 Å². The predicted molar refractivity (Wildman–Crippen MR) is 65.6 cm³/mol. The first-order chi connectivity index (χ1) is 8.29. The third kappa shape index (κ3) is 3.13. The summed E-state index contributed by atoms with van der Waals surface area (Å²) in [6, 6.07) is 3.39. The van der Waals surface area contributed by atoms with Crippen LogP contribution in [0.25, 0.3) is 0 Å². The van der Waals surface area contributed by atoms with Crippen LogP contribution in [-0.2, 0) is 0 Å². The molecule has 1 amide bonds. The van der Waals surface area contributed by atoms with E-state index in [9.17, 15) is 4.79 Å².